The van der Waals surface area contributed by atoms with E-state index >= 15 is 0 Å². The monoisotopic (exact) mass is 213 g/mol. The van der Waals surface area contributed by atoms with Gasteiger partial charge < -0.3 is 5.32 Å². The highest BCUT2D eigenvalue weighted by atomic mass is 16.2. The van der Waals surface area contributed by atoms with Gasteiger partial charge in [-0.05, 0) is 19.1 Å². The summed E-state index contributed by atoms with van der Waals surface area (Å²) in [6.45, 7) is 2.21. The van der Waals surface area contributed by atoms with Crippen molar-refractivity contribution in [2.45, 2.75) is 13.5 Å². The van der Waals surface area contributed by atoms with E-state index in [0.29, 0.717) is 0 Å². The van der Waals surface area contributed by atoms with Crippen LogP contribution in [0.4, 0.5) is 5.69 Å². The third-order valence-corrected chi connectivity index (χ3v) is 2.67. The van der Waals surface area contributed by atoms with Crippen LogP contribution in [0.15, 0.2) is 30.3 Å². The van der Waals surface area contributed by atoms with Gasteiger partial charge in [-0.25, -0.2) is 0 Å². The number of benzene rings is 1. The van der Waals surface area contributed by atoms with Gasteiger partial charge in [-0.1, -0.05) is 18.2 Å². The molecule has 4 heteroatoms. The zero-order valence-electron chi connectivity index (χ0n) is 8.90. The predicted molar refractivity (Wildman–Crippen MR) is 61.0 cm³/mol. The zero-order valence-corrected chi connectivity index (χ0v) is 8.90. The Labute approximate surface area is 92.9 Å². The molecule has 80 valence electrons. The summed E-state index contributed by atoms with van der Waals surface area (Å²) in [6.07, 6.45) is 0. The van der Waals surface area contributed by atoms with Crippen molar-refractivity contribution in [1.82, 2.24) is 9.78 Å². The molecule has 0 atom stereocenters. The van der Waals surface area contributed by atoms with Crippen LogP contribution < -0.4 is 5.32 Å². The summed E-state index contributed by atoms with van der Waals surface area (Å²) in [5, 5.41) is 7.19. The Balaban J connectivity index is 2.29. The van der Waals surface area contributed by atoms with Gasteiger partial charge in [0.05, 0.1) is 17.1 Å². The van der Waals surface area contributed by atoms with Gasteiger partial charge in [-0.15, -0.1) is 0 Å². The molecule has 1 aromatic heterocycles. The van der Waals surface area contributed by atoms with Crippen molar-refractivity contribution >= 4 is 11.6 Å². The lowest BCUT2D eigenvalue weighted by Crippen LogP contribution is -2.17. The van der Waals surface area contributed by atoms with Gasteiger partial charge in [0, 0.05) is 5.56 Å². The molecule has 1 aliphatic rings. The summed E-state index contributed by atoms with van der Waals surface area (Å²) < 4.78 is 1.75. The minimum Gasteiger partial charge on any atom is -0.324 e. The maximum atomic E-state index is 11.6. The van der Waals surface area contributed by atoms with Gasteiger partial charge in [-0.2, -0.15) is 5.10 Å². The molecule has 1 N–H and O–H groups in total. The Hall–Kier alpha value is -2.10. The number of hydrogen-bond donors (Lipinski definition) is 1. The molecule has 2 heterocycles. The molecule has 4 nitrogen and oxygen atoms in total. The molecule has 0 radical (unpaired) electrons. The van der Waals surface area contributed by atoms with Gasteiger partial charge >= 0.3 is 0 Å². The van der Waals surface area contributed by atoms with Crippen LogP contribution >= 0.6 is 0 Å². The molecule has 0 aliphatic carbocycles. The fourth-order valence-corrected chi connectivity index (χ4v) is 2.02. The predicted octanol–water partition coefficient (Wildman–Crippen LogP) is 1.81. The standard InChI is InChI=1S/C12H11N3O/c1-8-6-11-9-4-2-3-5-10(9)13-12(16)7-15(11)14-8/h2-6H,7H2,1H3,(H,13,16). The number of aryl methyl sites for hydroxylation is 1. The summed E-state index contributed by atoms with van der Waals surface area (Å²) in [7, 11) is 0. The number of anilines is 1. The summed E-state index contributed by atoms with van der Waals surface area (Å²) in [5.74, 6) is -0.0331. The molecule has 1 aromatic carbocycles. The maximum Gasteiger partial charge on any atom is 0.246 e. The summed E-state index contributed by atoms with van der Waals surface area (Å²) in [5.41, 5.74) is 3.80. The van der Waals surface area contributed by atoms with Crippen molar-refractivity contribution < 1.29 is 4.79 Å². The maximum absolute atomic E-state index is 11.6. The van der Waals surface area contributed by atoms with Crippen molar-refractivity contribution in [1.29, 1.82) is 0 Å². The number of nitrogens with one attached hydrogen (secondary N) is 1. The number of carbonyl (C=O) groups excluding carboxylic acids is 1. The lowest BCUT2D eigenvalue weighted by Gasteiger charge is -2.04. The number of aromatic nitrogens is 2. The van der Waals surface area contributed by atoms with Crippen LogP contribution in [0, 0.1) is 6.92 Å². The molecule has 0 saturated carbocycles. The molecule has 0 unspecified atom stereocenters. The fraction of sp³-hybridized carbons (Fsp3) is 0.167. The lowest BCUT2D eigenvalue weighted by atomic mass is 10.1. The Morgan fingerprint density at radius 1 is 1.38 bits per heavy atom. The van der Waals surface area contributed by atoms with Crippen molar-refractivity contribution in [3.8, 4) is 11.3 Å². The highest BCUT2D eigenvalue weighted by Crippen LogP contribution is 2.30. The van der Waals surface area contributed by atoms with Gasteiger partial charge in [0.2, 0.25) is 5.91 Å². The van der Waals surface area contributed by atoms with Gasteiger partial charge in [0.25, 0.3) is 0 Å². The largest absolute Gasteiger partial charge is 0.324 e. The second kappa shape index (κ2) is 3.20. The topological polar surface area (TPSA) is 46.9 Å². The van der Waals surface area contributed by atoms with Crippen molar-refractivity contribution in [2.75, 3.05) is 5.32 Å². The number of amides is 1. The van der Waals surface area contributed by atoms with Crippen LogP contribution in [-0.4, -0.2) is 15.7 Å². The summed E-state index contributed by atoms with van der Waals surface area (Å²) >= 11 is 0. The van der Waals surface area contributed by atoms with E-state index in [2.05, 4.69) is 10.4 Å². The summed E-state index contributed by atoms with van der Waals surface area (Å²) in [4.78, 5) is 11.6. The molecule has 0 spiro atoms. The third-order valence-electron chi connectivity index (χ3n) is 2.67. The molecule has 1 amide bonds. The van der Waals surface area contributed by atoms with Crippen LogP contribution in [0.3, 0.4) is 0 Å². The van der Waals surface area contributed by atoms with E-state index in [-0.39, 0.29) is 12.5 Å². The van der Waals surface area contributed by atoms with Crippen LogP contribution in [0.2, 0.25) is 0 Å². The third kappa shape index (κ3) is 1.31. The smallest absolute Gasteiger partial charge is 0.246 e. The van der Waals surface area contributed by atoms with Crippen LogP contribution in [0.1, 0.15) is 5.69 Å². The number of para-hydroxylation sites is 1. The van der Waals surface area contributed by atoms with E-state index in [0.717, 1.165) is 22.6 Å². The SMILES string of the molecule is Cc1cc2n(n1)CC(=O)Nc1ccccc1-2. The van der Waals surface area contributed by atoms with Crippen LogP contribution in [0.5, 0.6) is 0 Å². The quantitative estimate of drug-likeness (QED) is 0.725. The van der Waals surface area contributed by atoms with E-state index in [1.807, 2.05) is 37.3 Å². The second-order valence-electron chi connectivity index (χ2n) is 3.92. The first-order valence-corrected chi connectivity index (χ1v) is 5.18. The molecule has 3 rings (SSSR count). The van der Waals surface area contributed by atoms with Gasteiger partial charge in [0.15, 0.2) is 0 Å². The van der Waals surface area contributed by atoms with Gasteiger partial charge in [-0.3, -0.25) is 9.48 Å². The average Bonchev–Trinajstić information content (AvgIpc) is 2.54. The first-order valence-electron chi connectivity index (χ1n) is 5.18. The lowest BCUT2D eigenvalue weighted by molar-refractivity contribution is -0.116. The molecule has 0 bridgehead atoms. The van der Waals surface area contributed by atoms with Crippen molar-refractivity contribution in [3.63, 3.8) is 0 Å². The van der Waals surface area contributed by atoms with E-state index in [1.54, 1.807) is 4.68 Å². The highest BCUT2D eigenvalue weighted by Gasteiger charge is 2.18. The first-order chi connectivity index (χ1) is 7.74. The van der Waals surface area contributed by atoms with Crippen molar-refractivity contribution in [3.05, 3.63) is 36.0 Å². The van der Waals surface area contributed by atoms with E-state index in [4.69, 9.17) is 0 Å². The molecule has 0 fully saturated rings. The molecule has 2 aromatic rings. The Kier molecular flexibility index (Phi) is 1.83. The second-order valence-corrected chi connectivity index (χ2v) is 3.92. The molecule has 0 saturated heterocycles. The van der Waals surface area contributed by atoms with E-state index < -0.39 is 0 Å². The highest BCUT2D eigenvalue weighted by molar-refractivity contribution is 5.97. The number of carbonyl (C=O) groups is 1. The fourth-order valence-electron chi connectivity index (χ4n) is 2.02. The average molecular weight is 213 g/mol. The summed E-state index contributed by atoms with van der Waals surface area (Å²) in [6, 6.07) is 9.78. The number of fused-ring (bicyclic) bond motifs is 3. The van der Waals surface area contributed by atoms with Crippen molar-refractivity contribution in [2.24, 2.45) is 0 Å². The van der Waals surface area contributed by atoms with Crippen LogP contribution in [-0.2, 0) is 11.3 Å². The van der Waals surface area contributed by atoms with Gasteiger partial charge in [0.1, 0.15) is 6.54 Å². The molecule has 1 aliphatic heterocycles. The van der Waals surface area contributed by atoms with Crippen LogP contribution in [0.25, 0.3) is 11.3 Å². The molecular weight excluding hydrogens is 202 g/mol. The normalized spacial score (nSPS) is 13.7. The molecular formula is C12H11N3O. The molecule has 16 heavy (non-hydrogen) atoms. The zero-order chi connectivity index (χ0) is 11.1. The van der Waals surface area contributed by atoms with E-state index in [1.165, 1.54) is 0 Å². The number of nitrogens with zero attached hydrogens (tertiary/aromatic N) is 2. The minimum atomic E-state index is -0.0331. The minimum absolute atomic E-state index is 0.0331. The number of rotatable bonds is 0. The number of hydrogen-bond acceptors (Lipinski definition) is 2. The Bertz CT molecular complexity index is 571. The Morgan fingerprint density at radius 2 is 2.19 bits per heavy atom. The Morgan fingerprint density at radius 3 is 3.06 bits per heavy atom. The first kappa shape index (κ1) is 9.15. The van der Waals surface area contributed by atoms with E-state index in [9.17, 15) is 4.79 Å².